The SMILES string of the molecule is CCCc1c(C(=O)N/N=C/c2ccc(OCc3ccc(F)cc3)cc2)nnn1-c1nonc1N. The van der Waals surface area contributed by atoms with Crippen LogP contribution < -0.4 is 15.9 Å². The van der Waals surface area contributed by atoms with Crippen molar-refractivity contribution in [3.05, 3.63) is 76.9 Å². The van der Waals surface area contributed by atoms with Crippen molar-refractivity contribution in [3.63, 3.8) is 0 Å². The number of aromatic nitrogens is 5. The first-order chi connectivity index (χ1) is 16.5. The number of ether oxygens (including phenoxy) is 1. The summed E-state index contributed by atoms with van der Waals surface area (Å²) in [6, 6.07) is 13.2. The highest BCUT2D eigenvalue weighted by molar-refractivity contribution is 5.94. The minimum atomic E-state index is -0.528. The van der Waals surface area contributed by atoms with Crippen LogP contribution >= 0.6 is 0 Å². The van der Waals surface area contributed by atoms with Gasteiger partial charge in [-0.1, -0.05) is 30.7 Å². The molecule has 0 unspecified atom stereocenters. The molecule has 2 heterocycles. The van der Waals surface area contributed by atoms with E-state index in [-0.39, 0.29) is 23.1 Å². The molecule has 34 heavy (non-hydrogen) atoms. The summed E-state index contributed by atoms with van der Waals surface area (Å²) in [6.45, 7) is 2.27. The Morgan fingerprint density at radius 1 is 1.21 bits per heavy atom. The number of nitrogens with zero attached hydrogens (tertiary/aromatic N) is 6. The molecule has 4 rings (SSSR count). The standard InChI is InChI=1S/C22H21FN8O3/c1-2-3-18-19(26-30-31(18)21-20(24)28-34-29-21)22(32)27-25-12-14-6-10-17(11-7-14)33-13-15-4-8-16(23)9-5-15/h4-12H,2-3,13H2,1H3,(H2,24,28)(H,27,32)/b25-12+. The first kappa shape index (κ1) is 22.6. The minimum Gasteiger partial charge on any atom is -0.489 e. The Hall–Kier alpha value is -4.61. The maximum atomic E-state index is 13.0. The third-order valence-corrected chi connectivity index (χ3v) is 4.74. The van der Waals surface area contributed by atoms with Crippen molar-refractivity contribution in [1.29, 1.82) is 0 Å². The van der Waals surface area contributed by atoms with Gasteiger partial charge in [-0.3, -0.25) is 4.79 Å². The lowest BCUT2D eigenvalue weighted by molar-refractivity contribution is 0.0949. The normalized spacial score (nSPS) is 11.1. The molecule has 12 heteroatoms. The molecule has 0 saturated heterocycles. The third kappa shape index (κ3) is 5.23. The number of hydrogen-bond donors (Lipinski definition) is 2. The number of hydrogen-bond acceptors (Lipinski definition) is 9. The molecule has 1 amide bonds. The fraction of sp³-hybridized carbons (Fsp3) is 0.182. The molecule has 0 spiro atoms. The molecule has 11 nitrogen and oxygen atoms in total. The molecule has 2 aromatic carbocycles. The van der Waals surface area contributed by atoms with Gasteiger partial charge in [0.05, 0.1) is 11.9 Å². The van der Waals surface area contributed by atoms with Crippen LogP contribution in [0.2, 0.25) is 0 Å². The molecule has 0 aliphatic heterocycles. The largest absolute Gasteiger partial charge is 0.489 e. The molecule has 0 aliphatic carbocycles. The van der Waals surface area contributed by atoms with Gasteiger partial charge < -0.3 is 10.5 Å². The molecular formula is C22H21FN8O3. The molecule has 174 valence electrons. The van der Waals surface area contributed by atoms with Crippen LogP contribution in [-0.4, -0.2) is 37.4 Å². The highest BCUT2D eigenvalue weighted by atomic mass is 19.1. The van der Waals surface area contributed by atoms with Gasteiger partial charge in [0.2, 0.25) is 11.6 Å². The molecule has 0 atom stereocenters. The van der Waals surface area contributed by atoms with Gasteiger partial charge in [-0.05, 0) is 64.3 Å². The third-order valence-electron chi connectivity index (χ3n) is 4.74. The number of rotatable bonds is 9. The summed E-state index contributed by atoms with van der Waals surface area (Å²) < 4.78 is 24.6. The average Bonchev–Trinajstić information content (AvgIpc) is 3.45. The van der Waals surface area contributed by atoms with E-state index in [0.29, 0.717) is 24.5 Å². The van der Waals surface area contributed by atoms with Crippen molar-refractivity contribution >= 4 is 17.9 Å². The average molecular weight is 464 g/mol. The quantitative estimate of drug-likeness (QED) is 0.284. The molecule has 0 fully saturated rings. The highest BCUT2D eigenvalue weighted by Crippen LogP contribution is 2.17. The number of benzene rings is 2. The van der Waals surface area contributed by atoms with Crippen LogP contribution in [0.3, 0.4) is 0 Å². The summed E-state index contributed by atoms with van der Waals surface area (Å²) in [6.07, 6.45) is 2.73. The minimum absolute atomic E-state index is 0.0392. The maximum absolute atomic E-state index is 13.0. The van der Waals surface area contributed by atoms with Gasteiger partial charge in [-0.15, -0.1) is 5.10 Å². The Morgan fingerprint density at radius 2 is 1.97 bits per heavy atom. The molecule has 0 bridgehead atoms. The van der Waals surface area contributed by atoms with Gasteiger partial charge in [0.1, 0.15) is 18.2 Å². The van der Waals surface area contributed by atoms with Gasteiger partial charge in [0, 0.05) is 0 Å². The number of nitrogens with one attached hydrogen (secondary N) is 1. The Balaban J connectivity index is 1.37. The molecule has 3 N–H and O–H groups in total. The number of hydrazone groups is 1. The number of carbonyl (C=O) groups excluding carboxylic acids is 1. The van der Waals surface area contributed by atoms with Crippen LogP contribution in [0.15, 0.2) is 58.3 Å². The van der Waals surface area contributed by atoms with Crippen LogP contribution in [0.25, 0.3) is 5.82 Å². The lowest BCUT2D eigenvalue weighted by atomic mass is 10.2. The monoisotopic (exact) mass is 464 g/mol. The Bertz CT molecular complexity index is 1280. The van der Waals surface area contributed by atoms with E-state index >= 15 is 0 Å². The number of nitrogens with two attached hydrogens (primary N) is 1. The van der Waals surface area contributed by atoms with Crippen molar-refractivity contribution < 1.29 is 18.6 Å². The second-order valence-electron chi connectivity index (χ2n) is 7.20. The van der Waals surface area contributed by atoms with Gasteiger partial charge in [0.15, 0.2) is 5.69 Å². The first-order valence-corrected chi connectivity index (χ1v) is 10.4. The smallest absolute Gasteiger partial charge is 0.293 e. The summed E-state index contributed by atoms with van der Waals surface area (Å²) in [5.74, 6) is 0.0355. The Morgan fingerprint density at radius 3 is 2.65 bits per heavy atom. The van der Waals surface area contributed by atoms with Crippen molar-refractivity contribution in [2.75, 3.05) is 5.73 Å². The highest BCUT2D eigenvalue weighted by Gasteiger charge is 2.23. The van der Waals surface area contributed by atoms with Crippen LogP contribution in [0.1, 0.15) is 40.7 Å². The lowest BCUT2D eigenvalue weighted by Gasteiger charge is -2.06. The zero-order valence-electron chi connectivity index (χ0n) is 18.2. The fourth-order valence-corrected chi connectivity index (χ4v) is 3.06. The molecule has 0 saturated carbocycles. The number of halogens is 1. The molecule has 4 aromatic rings. The van der Waals surface area contributed by atoms with Gasteiger partial charge in [0.25, 0.3) is 5.91 Å². The van der Waals surface area contributed by atoms with Gasteiger partial charge in [-0.25, -0.2) is 14.4 Å². The van der Waals surface area contributed by atoms with Crippen LogP contribution in [0, 0.1) is 5.82 Å². The first-order valence-electron chi connectivity index (χ1n) is 10.4. The predicted octanol–water partition coefficient (Wildman–Crippen LogP) is 2.67. The van der Waals surface area contributed by atoms with Crippen LogP contribution in [-0.2, 0) is 13.0 Å². The topological polar surface area (TPSA) is 146 Å². The van der Waals surface area contributed by atoms with E-state index < -0.39 is 5.91 Å². The molecule has 0 aliphatic rings. The van der Waals surface area contributed by atoms with E-state index in [4.69, 9.17) is 10.5 Å². The second-order valence-corrected chi connectivity index (χ2v) is 7.20. The number of carbonyl (C=O) groups is 1. The van der Waals surface area contributed by atoms with Crippen LogP contribution in [0.4, 0.5) is 10.2 Å². The summed E-state index contributed by atoms with van der Waals surface area (Å²) in [5.41, 5.74) is 10.4. The van der Waals surface area contributed by atoms with Crippen LogP contribution in [0.5, 0.6) is 5.75 Å². The van der Waals surface area contributed by atoms with Crippen molar-refractivity contribution in [3.8, 4) is 11.6 Å². The number of nitrogen functional groups attached to an aromatic ring is 1. The Labute approximate surface area is 193 Å². The summed E-state index contributed by atoms with van der Waals surface area (Å²) >= 11 is 0. The Kier molecular flexibility index (Phi) is 6.87. The number of anilines is 1. The van der Waals surface area contributed by atoms with E-state index in [1.54, 1.807) is 36.4 Å². The van der Waals surface area contributed by atoms with E-state index in [2.05, 4.69) is 35.8 Å². The maximum Gasteiger partial charge on any atom is 0.293 e. The molecular weight excluding hydrogens is 443 g/mol. The van der Waals surface area contributed by atoms with Gasteiger partial charge in [-0.2, -0.15) is 9.78 Å². The zero-order chi connectivity index (χ0) is 23.9. The zero-order valence-corrected chi connectivity index (χ0v) is 18.2. The molecule has 0 radical (unpaired) electrons. The van der Waals surface area contributed by atoms with Gasteiger partial charge >= 0.3 is 0 Å². The number of amides is 1. The van der Waals surface area contributed by atoms with E-state index in [1.165, 1.54) is 23.0 Å². The predicted molar refractivity (Wildman–Crippen MR) is 120 cm³/mol. The summed E-state index contributed by atoms with van der Waals surface area (Å²) in [7, 11) is 0. The van der Waals surface area contributed by atoms with E-state index in [0.717, 1.165) is 17.5 Å². The summed E-state index contributed by atoms with van der Waals surface area (Å²) in [5, 5.41) is 19.1. The lowest BCUT2D eigenvalue weighted by Crippen LogP contribution is -2.20. The van der Waals surface area contributed by atoms with E-state index in [9.17, 15) is 9.18 Å². The summed E-state index contributed by atoms with van der Waals surface area (Å²) in [4.78, 5) is 12.6. The van der Waals surface area contributed by atoms with E-state index in [1.807, 2.05) is 6.92 Å². The second kappa shape index (κ2) is 10.3. The fourth-order valence-electron chi connectivity index (χ4n) is 3.06. The van der Waals surface area contributed by atoms with Crippen molar-refractivity contribution in [1.82, 2.24) is 30.7 Å². The van der Waals surface area contributed by atoms with Crippen molar-refractivity contribution in [2.45, 2.75) is 26.4 Å². The molecule has 2 aromatic heterocycles. The van der Waals surface area contributed by atoms with Crippen molar-refractivity contribution in [2.24, 2.45) is 5.10 Å².